The van der Waals surface area contributed by atoms with Crippen LogP contribution >= 0.6 is 11.6 Å². The first-order chi connectivity index (χ1) is 8.79. The standard InChI is InChI=1S/C15H22ClNO/c16-13-9-7-12(8-10-13)15(11-18)17-14-5-3-1-2-4-6-14/h7-10,14-15,17-18H,1-6,11H2. The number of halogens is 1. The molecule has 2 N–H and O–H groups in total. The van der Waals surface area contributed by atoms with Gasteiger partial charge in [-0.05, 0) is 30.5 Å². The quantitative estimate of drug-likeness (QED) is 0.816. The van der Waals surface area contributed by atoms with Gasteiger partial charge in [0.1, 0.15) is 0 Å². The normalized spacial score (nSPS) is 19.4. The van der Waals surface area contributed by atoms with Crippen molar-refractivity contribution >= 4 is 11.6 Å². The highest BCUT2D eigenvalue weighted by molar-refractivity contribution is 6.30. The van der Waals surface area contributed by atoms with Gasteiger partial charge in [0.25, 0.3) is 0 Å². The molecule has 1 aromatic carbocycles. The Morgan fingerprint density at radius 2 is 1.72 bits per heavy atom. The van der Waals surface area contributed by atoms with Gasteiger partial charge >= 0.3 is 0 Å². The number of hydrogen-bond donors (Lipinski definition) is 2. The Morgan fingerprint density at radius 3 is 2.28 bits per heavy atom. The van der Waals surface area contributed by atoms with Crippen molar-refractivity contribution in [1.29, 1.82) is 0 Å². The summed E-state index contributed by atoms with van der Waals surface area (Å²) < 4.78 is 0. The minimum Gasteiger partial charge on any atom is -0.394 e. The summed E-state index contributed by atoms with van der Waals surface area (Å²) in [4.78, 5) is 0. The molecule has 0 bridgehead atoms. The Bertz CT molecular complexity index is 344. The summed E-state index contributed by atoms with van der Waals surface area (Å²) in [6, 6.07) is 8.33. The van der Waals surface area contributed by atoms with E-state index >= 15 is 0 Å². The predicted octanol–water partition coefficient (Wildman–Crippen LogP) is 3.69. The van der Waals surface area contributed by atoms with Crippen molar-refractivity contribution < 1.29 is 5.11 Å². The summed E-state index contributed by atoms with van der Waals surface area (Å²) in [7, 11) is 0. The summed E-state index contributed by atoms with van der Waals surface area (Å²) in [5.41, 5.74) is 1.12. The Hall–Kier alpha value is -0.570. The molecular formula is C15H22ClNO. The maximum atomic E-state index is 9.55. The van der Waals surface area contributed by atoms with Gasteiger partial charge in [0.2, 0.25) is 0 Å². The van der Waals surface area contributed by atoms with Crippen molar-refractivity contribution in [2.75, 3.05) is 6.61 Å². The number of rotatable bonds is 4. The number of aliphatic hydroxyl groups excluding tert-OH is 1. The van der Waals surface area contributed by atoms with Crippen LogP contribution in [-0.2, 0) is 0 Å². The first kappa shape index (κ1) is 13.9. The van der Waals surface area contributed by atoms with Gasteiger partial charge < -0.3 is 10.4 Å². The van der Waals surface area contributed by atoms with Gasteiger partial charge in [-0.1, -0.05) is 49.4 Å². The molecule has 0 aromatic heterocycles. The van der Waals surface area contributed by atoms with Crippen LogP contribution in [0.2, 0.25) is 5.02 Å². The molecule has 1 aliphatic rings. The Labute approximate surface area is 114 Å². The summed E-state index contributed by atoms with van der Waals surface area (Å²) in [5, 5.41) is 13.9. The maximum Gasteiger partial charge on any atom is 0.0626 e. The van der Waals surface area contributed by atoms with E-state index in [9.17, 15) is 5.11 Å². The Kier molecular flexibility index (Phi) is 5.48. The molecule has 2 nitrogen and oxygen atoms in total. The molecule has 1 fully saturated rings. The molecule has 2 rings (SSSR count). The van der Waals surface area contributed by atoms with Gasteiger partial charge in [-0.2, -0.15) is 0 Å². The van der Waals surface area contributed by atoms with Crippen LogP contribution in [0.5, 0.6) is 0 Å². The van der Waals surface area contributed by atoms with Crippen molar-refractivity contribution in [2.45, 2.75) is 50.6 Å². The van der Waals surface area contributed by atoms with Crippen molar-refractivity contribution in [3.8, 4) is 0 Å². The van der Waals surface area contributed by atoms with E-state index < -0.39 is 0 Å². The second kappa shape index (κ2) is 7.13. The molecule has 1 aliphatic carbocycles. The average molecular weight is 268 g/mol. The summed E-state index contributed by atoms with van der Waals surface area (Å²) >= 11 is 5.89. The van der Waals surface area contributed by atoms with Crippen molar-refractivity contribution in [3.05, 3.63) is 34.9 Å². The molecule has 1 saturated carbocycles. The van der Waals surface area contributed by atoms with Gasteiger partial charge in [0.15, 0.2) is 0 Å². The number of nitrogens with one attached hydrogen (secondary N) is 1. The van der Waals surface area contributed by atoms with Crippen LogP contribution in [0, 0.1) is 0 Å². The zero-order valence-electron chi connectivity index (χ0n) is 10.7. The second-order valence-corrected chi connectivity index (χ2v) is 5.58. The van der Waals surface area contributed by atoms with Crippen molar-refractivity contribution in [2.24, 2.45) is 0 Å². The lowest BCUT2D eigenvalue weighted by Crippen LogP contribution is -2.34. The predicted molar refractivity (Wildman–Crippen MR) is 75.9 cm³/mol. The lowest BCUT2D eigenvalue weighted by Gasteiger charge is -2.24. The first-order valence-electron chi connectivity index (χ1n) is 6.92. The Balaban J connectivity index is 1.97. The van der Waals surface area contributed by atoms with Crippen LogP contribution in [0.25, 0.3) is 0 Å². The lowest BCUT2D eigenvalue weighted by molar-refractivity contribution is 0.228. The monoisotopic (exact) mass is 267 g/mol. The molecule has 0 heterocycles. The van der Waals surface area contributed by atoms with E-state index in [0.29, 0.717) is 6.04 Å². The third-order valence-corrected chi connectivity index (χ3v) is 4.00. The van der Waals surface area contributed by atoms with Crippen LogP contribution < -0.4 is 5.32 Å². The zero-order chi connectivity index (χ0) is 12.8. The molecule has 1 unspecified atom stereocenters. The summed E-state index contributed by atoms with van der Waals surface area (Å²) in [6.45, 7) is 0.137. The number of benzene rings is 1. The highest BCUT2D eigenvalue weighted by Crippen LogP contribution is 2.22. The van der Waals surface area contributed by atoms with E-state index in [-0.39, 0.29) is 12.6 Å². The molecule has 0 aliphatic heterocycles. The van der Waals surface area contributed by atoms with E-state index in [1.165, 1.54) is 38.5 Å². The summed E-state index contributed by atoms with van der Waals surface area (Å²) in [6.07, 6.45) is 7.76. The zero-order valence-corrected chi connectivity index (χ0v) is 11.5. The van der Waals surface area contributed by atoms with Crippen molar-refractivity contribution in [3.63, 3.8) is 0 Å². The fraction of sp³-hybridized carbons (Fsp3) is 0.600. The van der Waals surface area contributed by atoms with E-state index in [0.717, 1.165) is 10.6 Å². The van der Waals surface area contributed by atoms with E-state index in [4.69, 9.17) is 11.6 Å². The molecule has 0 spiro atoms. The molecule has 0 saturated heterocycles. The third kappa shape index (κ3) is 3.98. The lowest BCUT2D eigenvalue weighted by atomic mass is 10.0. The van der Waals surface area contributed by atoms with E-state index in [2.05, 4.69) is 5.32 Å². The molecule has 1 aromatic rings. The molecule has 100 valence electrons. The molecule has 1 atom stereocenters. The van der Waals surface area contributed by atoms with Crippen LogP contribution in [0.3, 0.4) is 0 Å². The molecule has 3 heteroatoms. The fourth-order valence-electron chi connectivity index (χ4n) is 2.68. The van der Waals surface area contributed by atoms with Crippen LogP contribution in [0.15, 0.2) is 24.3 Å². The van der Waals surface area contributed by atoms with Crippen LogP contribution in [0.1, 0.15) is 50.1 Å². The number of hydrogen-bond acceptors (Lipinski definition) is 2. The van der Waals surface area contributed by atoms with Gasteiger partial charge in [-0.15, -0.1) is 0 Å². The second-order valence-electron chi connectivity index (χ2n) is 5.14. The van der Waals surface area contributed by atoms with Gasteiger partial charge in [0, 0.05) is 11.1 Å². The SMILES string of the molecule is OCC(NC1CCCCCC1)c1ccc(Cl)cc1. The number of aliphatic hydroxyl groups is 1. The average Bonchev–Trinajstić information content (AvgIpc) is 2.66. The van der Waals surface area contributed by atoms with Gasteiger partial charge in [0.05, 0.1) is 12.6 Å². The van der Waals surface area contributed by atoms with Gasteiger partial charge in [-0.3, -0.25) is 0 Å². The summed E-state index contributed by atoms with van der Waals surface area (Å²) in [5.74, 6) is 0. The van der Waals surface area contributed by atoms with Crippen LogP contribution in [0.4, 0.5) is 0 Å². The van der Waals surface area contributed by atoms with Crippen molar-refractivity contribution in [1.82, 2.24) is 5.32 Å². The molecular weight excluding hydrogens is 246 g/mol. The third-order valence-electron chi connectivity index (χ3n) is 3.75. The molecule has 0 amide bonds. The minimum atomic E-state index is 0.0327. The van der Waals surface area contributed by atoms with Crippen LogP contribution in [-0.4, -0.2) is 17.8 Å². The van der Waals surface area contributed by atoms with E-state index in [1.807, 2.05) is 24.3 Å². The van der Waals surface area contributed by atoms with Gasteiger partial charge in [-0.25, -0.2) is 0 Å². The highest BCUT2D eigenvalue weighted by atomic mass is 35.5. The topological polar surface area (TPSA) is 32.3 Å². The molecule has 18 heavy (non-hydrogen) atoms. The van der Waals surface area contributed by atoms with E-state index in [1.54, 1.807) is 0 Å². The minimum absolute atomic E-state index is 0.0327. The maximum absolute atomic E-state index is 9.55. The highest BCUT2D eigenvalue weighted by Gasteiger charge is 2.17. The largest absolute Gasteiger partial charge is 0.394 e. The first-order valence-corrected chi connectivity index (χ1v) is 7.30. The smallest absolute Gasteiger partial charge is 0.0626 e. The molecule has 0 radical (unpaired) electrons. The fourth-order valence-corrected chi connectivity index (χ4v) is 2.81. The Morgan fingerprint density at radius 1 is 1.11 bits per heavy atom.